The Labute approximate surface area is 304 Å². The van der Waals surface area contributed by atoms with E-state index in [4.69, 9.17) is 9.47 Å². The molecule has 2 fully saturated rings. The number of ether oxygens (including phenoxy) is 2. The number of nitrogens with zero attached hydrogens (tertiary/aromatic N) is 4. The van der Waals surface area contributed by atoms with E-state index in [2.05, 4.69) is 0 Å². The van der Waals surface area contributed by atoms with E-state index in [1.54, 1.807) is 35.5 Å². The lowest BCUT2D eigenvalue weighted by Crippen LogP contribution is -2.60. The highest BCUT2D eigenvalue weighted by molar-refractivity contribution is 6.02. The fourth-order valence-corrected chi connectivity index (χ4v) is 8.43. The van der Waals surface area contributed by atoms with Gasteiger partial charge in [-0.25, -0.2) is 9.59 Å². The number of hydrogen-bond acceptors (Lipinski definition) is 7. The zero-order chi connectivity index (χ0) is 36.7. The third kappa shape index (κ3) is 6.52. The summed E-state index contributed by atoms with van der Waals surface area (Å²) in [7, 11) is 1.32. The lowest BCUT2D eigenvalue weighted by Gasteiger charge is -2.42. The molecule has 3 aromatic carbocycles. The Morgan fingerprint density at radius 1 is 0.654 bits per heavy atom. The van der Waals surface area contributed by atoms with Gasteiger partial charge in [-0.05, 0) is 74.8 Å². The topological polar surface area (TPSA) is 117 Å². The van der Waals surface area contributed by atoms with Crippen LogP contribution in [0.4, 0.5) is 10.5 Å². The number of methoxy groups -OCH3 is 1. The van der Waals surface area contributed by atoms with Crippen molar-refractivity contribution in [3.8, 4) is 0 Å². The van der Waals surface area contributed by atoms with Gasteiger partial charge < -0.3 is 24.2 Å². The van der Waals surface area contributed by atoms with Crippen LogP contribution in [0.25, 0.3) is 0 Å². The number of carbonyl (C=O) groups excluding carboxylic acids is 5. The van der Waals surface area contributed by atoms with Crippen LogP contribution >= 0.6 is 0 Å². The first-order valence-electron chi connectivity index (χ1n) is 18.2. The predicted molar refractivity (Wildman–Crippen MR) is 193 cm³/mol. The number of hydrogen-bond donors (Lipinski definition) is 0. The van der Waals surface area contributed by atoms with Crippen LogP contribution in [0.2, 0.25) is 0 Å². The highest BCUT2D eigenvalue weighted by Crippen LogP contribution is 2.42. The molecule has 0 aliphatic carbocycles. The van der Waals surface area contributed by atoms with Gasteiger partial charge in [-0.2, -0.15) is 0 Å². The molecular weight excluding hydrogens is 660 g/mol. The maximum atomic E-state index is 15.1. The molecule has 0 spiro atoms. The van der Waals surface area contributed by atoms with Crippen molar-refractivity contribution in [2.45, 2.75) is 102 Å². The third-order valence-electron chi connectivity index (χ3n) is 10.8. The number of esters is 1. The monoisotopic (exact) mass is 706 g/mol. The van der Waals surface area contributed by atoms with Crippen LogP contribution in [0.5, 0.6) is 0 Å². The molecule has 11 heteroatoms. The van der Waals surface area contributed by atoms with Gasteiger partial charge in [0.25, 0.3) is 0 Å². The van der Waals surface area contributed by atoms with Gasteiger partial charge in [-0.15, -0.1) is 0 Å². The molecular formula is C41H46N4O7. The van der Waals surface area contributed by atoms with E-state index >= 15 is 9.59 Å². The van der Waals surface area contributed by atoms with Crippen molar-refractivity contribution in [3.63, 3.8) is 0 Å². The van der Waals surface area contributed by atoms with Crippen LogP contribution in [0.15, 0.2) is 78.9 Å². The van der Waals surface area contributed by atoms with E-state index < -0.39 is 47.9 Å². The second-order valence-corrected chi connectivity index (χ2v) is 15.1. The maximum absolute atomic E-state index is 15.1. The molecule has 3 aromatic rings. The molecule has 0 aromatic heterocycles. The molecule has 0 bridgehead atoms. The standard InChI is InChI=1S/C41H46N4O7/c1-41(2,3)52-40(50)45-30-18-11-10-16-28(30)24-35(45)38(48)44-31(26-13-6-5-7-14-26)20-21-32(44)36(46)43-25-29-17-9-8-15-27(29)23-34(43)37(47)42-22-12-19-33(42)39(49)51-4/h5-11,13-18,31-35H,12,19-25H2,1-4H3/t31?,32?,33-,34?,35?/m0/s1. The first-order valence-corrected chi connectivity index (χ1v) is 18.2. The van der Waals surface area contributed by atoms with E-state index in [-0.39, 0.29) is 37.1 Å². The van der Waals surface area contributed by atoms with Gasteiger partial charge >= 0.3 is 12.1 Å². The lowest BCUT2D eigenvalue weighted by molar-refractivity contribution is -0.157. The molecule has 4 aliphatic heterocycles. The summed E-state index contributed by atoms with van der Waals surface area (Å²) in [5, 5.41) is 0. The molecule has 4 heterocycles. The Morgan fingerprint density at radius 2 is 1.29 bits per heavy atom. The van der Waals surface area contributed by atoms with Gasteiger partial charge in [0.15, 0.2) is 0 Å². The van der Waals surface area contributed by atoms with Crippen LogP contribution in [-0.2, 0) is 48.0 Å². The second kappa shape index (κ2) is 14.1. The Bertz CT molecular complexity index is 1870. The van der Waals surface area contributed by atoms with Gasteiger partial charge in [0, 0.05) is 25.9 Å². The predicted octanol–water partition coefficient (Wildman–Crippen LogP) is 5.20. The normalized spacial score (nSPS) is 24.0. The number of likely N-dealkylation sites (tertiary alicyclic amines) is 2. The van der Waals surface area contributed by atoms with Crippen molar-refractivity contribution in [1.29, 1.82) is 0 Å². The molecule has 52 heavy (non-hydrogen) atoms. The van der Waals surface area contributed by atoms with Gasteiger partial charge in [-0.3, -0.25) is 19.3 Å². The Hall–Kier alpha value is -5.19. The first kappa shape index (κ1) is 35.2. The molecule has 2 saturated heterocycles. The number of carbonyl (C=O) groups is 5. The lowest BCUT2D eigenvalue weighted by atomic mass is 9.92. The molecule has 0 saturated carbocycles. The van der Waals surface area contributed by atoms with Crippen LogP contribution in [-0.4, -0.2) is 87.9 Å². The summed E-state index contributed by atoms with van der Waals surface area (Å²) in [5.41, 5.74) is 3.45. The Morgan fingerprint density at radius 3 is 2.00 bits per heavy atom. The molecule has 272 valence electrons. The Kier molecular flexibility index (Phi) is 9.54. The minimum atomic E-state index is -0.934. The van der Waals surface area contributed by atoms with Crippen LogP contribution < -0.4 is 4.90 Å². The summed E-state index contributed by atoms with van der Waals surface area (Å²) in [6.07, 6.45) is 2.00. The summed E-state index contributed by atoms with van der Waals surface area (Å²) in [6, 6.07) is 21.0. The van der Waals surface area contributed by atoms with E-state index in [0.717, 1.165) is 22.3 Å². The zero-order valence-electron chi connectivity index (χ0n) is 30.2. The smallest absolute Gasteiger partial charge is 0.415 e. The molecule has 7 rings (SSSR count). The van der Waals surface area contributed by atoms with Gasteiger partial charge in [0.2, 0.25) is 17.7 Å². The van der Waals surface area contributed by atoms with Crippen molar-refractivity contribution >= 4 is 35.5 Å². The summed E-state index contributed by atoms with van der Waals surface area (Å²) in [6.45, 7) is 5.94. The summed E-state index contributed by atoms with van der Waals surface area (Å²) in [4.78, 5) is 77.5. The molecule has 11 nitrogen and oxygen atoms in total. The maximum Gasteiger partial charge on any atom is 0.415 e. The molecule has 4 unspecified atom stereocenters. The number of anilines is 1. The van der Waals surface area contributed by atoms with Crippen molar-refractivity contribution in [2.75, 3.05) is 18.6 Å². The van der Waals surface area contributed by atoms with E-state index in [9.17, 15) is 14.4 Å². The fourth-order valence-electron chi connectivity index (χ4n) is 8.43. The highest BCUT2D eigenvalue weighted by Gasteiger charge is 2.51. The average Bonchev–Trinajstić information content (AvgIpc) is 3.90. The Balaban J connectivity index is 1.26. The van der Waals surface area contributed by atoms with Crippen molar-refractivity contribution < 1.29 is 33.4 Å². The quantitative estimate of drug-likeness (QED) is 0.335. The van der Waals surface area contributed by atoms with E-state index in [0.29, 0.717) is 37.9 Å². The number of fused-ring (bicyclic) bond motifs is 2. The summed E-state index contributed by atoms with van der Waals surface area (Å²) < 4.78 is 10.9. The highest BCUT2D eigenvalue weighted by atomic mass is 16.6. The zero-order valence-corrected chi connectivity index (χ0v) is 30.2. The van der Waals surface area contributed by atoms with E-state index in [1.807, 2.05) is 78.9 Å². The number of benzene rings is 3. The van der Waals surface area contributed by atoms with Gasteiger partial charge in [-0.1, -0.05) is 72.8 Å². The molecule has 0 N–H and O–H groups in total. The molecule has 4 aliphatic rings. The summed E-state index contributed by atoms with van der Waals surface area (Å²) >= 11 is 0. The molecule has 4 amide bonds. The average molecular weight is 707 g/mol. The van der Waals surface area contributed by atoms with Crippen molar-refractivity contribution in [2.24, 2.45) is 0 Å². The fraction of sp³-hybridized carbons (Fsp3) is 0.439. The number of rotatable bonds is 5. The summed E-state index contributed by atoms with van der Waals surface area (Å²) in [5.74, 6) is -1.44. The van der Waals surface area contributed by atoms with Crippen molar-refractivity contribution in [1.82, 2.24) is 14.7 Å². The minimum Gasteiger partial charge on any atom is -0.467 e. The first-order chi connectivity index (χ1) is 25.0. The number of amides is 4. The largest absolute Gasteiger partial charge is 0.467 e. The number of para-hydroxylation sites is 1. The van der Waals surface area contributed by atoms with Gasteiger partial charge in [0.05, 0.1) is 18.8 Å². The van der Waals surface area contributed by atoms with Crippen LogP contribution in [0, 0.1) is 0 Å². The van der Waals surface area contributed by atoms with Crippen LogP contribution in [0.3, 0.4) is 0 Å². The second-order valence-electron chi connectivity index (χ2n) is 15.1. The van der Waals surface area contributed by atoms with E-state index in [1.165, 1.54) is 12.0 Å². The van der Waals surface area contributed by atoms with Gasteiger partial charge in [0.1, 0.15) is 29.8 Å². The minimum absolute atomic E-state index is 0.190. The molecule has 0 radical (unpaired) electrons. The van der Waals surface area contributed by atoms with Crippen molar-refractivity contribution in [3.05, 3.63) is 101 Å². The SMILES string of the molecule is COC(=O)[C@@H]1CCCN1C(=O)C1Cc2ccccc2CN1C(=O)C1CCC(c2ccccc2)N1C(=O)C1Cc2ccccc2N1C(=O)OC(C)(C)C. The van der Waals surface area contributed by atoms with Crippen LogP contribution in [0.1, 0.15) is 74.8 Å². The third-order valence-corrected chi connectivity index (χ3v) is 10.8. The molecule has 5 atom stereocenters.